The van der Waals surface area contributed by atoms with Crippen LogP contribution in [0.4, 0.5) is 0 Å². The summed E-state index contributed by atoms with van der Waals surface area (Å²) in [6.45, 7) is 3.21. The maximum atomic E-state index is 14.3. The number of benzene rings is 3. The Labute approximate surface area is 257 Å². The van der Waals surface area contributed by atoms with Crippen molar-refractivity contribution in [2.45, 2.75) is 44.9 Å². The minimum atomic E-state index is -1.02. The molecule has 11 nitrogen and oxygen atoms in total. The predicted octanol–water partition coefficient (Wildman–Crippen LogP) is 3.87. The van der Waals surface area contributed by atoms with Crippen molar-refractivity contribution in [2.24, 2.45) is 0 Å². The molecule has 4 aromatic rings. The van der Waals surface area contributed by atoms with E-state index in [1.807, 2.05) is 55.5 Å². The molecule has 1 fully saturated rings. The van der Waals surface area contributed by atoms with Crippen LogP contribution in [0, 0.1) is 6.92 Å². The minimum Gasteiger partial charge on any atom is -0.493 e. The van der Waals surface area contributed by atoms with Crippen molar-refractivity contribution in [3.8, 4) is 17.2 Å². The molecule has 0 radical (unpaired) electrons. The molecule has 5 rings (SSSR count). The molecule has 2 heterocycles. The summed E-state index contributed by atoms with van der Waals surface area (Å²) < 4.78 is 24.1. The smallest absolute Gasteiger partial charge is 0.247 e. The zero-order valence-electron chi connectivity index (χ0n) is 25.6. The predicted molar refractivity (Wildman–Crippen MR) is 165 cm³/mol. The third-order valence-electron chi connectivity index (χ3n) is 8.00. The number of para-hydroxylation sites is 1. The summed E-state index contributed by atoms with van der Waals surface area (Å²) in [6.07, 6.45) is 2.28. The SMILES string of the molecule is COc1cc([C@@H](C(=O)NC[C@@H]2CCCO2)N(CCc2ccccc2C)C(=O)Cn2nnc3ccccc32)cc(OC)c1OC. The van der Waals surface area contributed by atoms with E-state index >= 15 is 0 Å². The number of hydrogen-bond donors (Lipinski definition) is 1. The number of aromatic nitrogens is 3. The highest BCUT2D eigenvalue weighted by molar-refractivity contribution is 5.89. The summed E-state index contributed by atoms with van der Waals surface area (Å²) in [5.41, 5.74) is 4.12. The van der Waals surface area contributed by atoms with Gasteiger partial charge in [0.05, 0.1) is 33.0 Å². The Balaban J connectivity index is 1.56. The Morgan fingerprint density at radius 2 is 1.77 bits per heavy atom. The maximum absolute atomic E-state index is 14.3. The van der Waals surface area contributed by atoms with Gasteiger partial charge < -0.3 is 29.2 Å². The van der Waals surface area contributed by atoms with E-state index < -0.39 is 6.04 Å². The molecule has 3 aromatic carbocycles. The third-order valence-corrected chi connectivity index (χ3v) is 8.00. The van der Waals surface area contributed by atoms with Crippen molar-refractivity contribution in [1.82, 2.24) is 25.2 Å². The Hall–Kier alpha value is -4.64. The standard InChI is InChI=1S/C33H39N5O6/c1-22-10-5-6-11-23(22)15-16-37(30(39)21-38-27-14-8-7-13-26(27)35-36-38)31(33(40)34-20-25-12-9-17-44-25)24-18-28(41-2)32(43-4)29(19-24)42-3/h5-8,10-11,13-14,18-19,25,31H,9,12,15-17,20-21H2,1-4H3,(H,34,40)/t25-,31-/m0/s1. The van der Waals surface area contributed by atoms with Crippen LogP contribution in [0.5, 0.6) is 17.2 Å². The number of amides is 2. The summed E-state index contributed by atoms with van der Waals surface area (Å²) in [5.74, 6) is 0.528. The Morgan fingerprint density at radius 1 is 1.05 bits per heavy atom. The number of ether oxygens (including phenoxy) is 4. The van der Waals surface area contributed by atoms with Gasteiger partial charge in [0.25, 0.3) is 0 Å². The van der Waals surface area contributed by atoms with E-state index in [-0.39, 0.29) is 31.0 Å². The van der Waals surface area contributed by atoms with E-state index in [4.69, 9.17) is 18.9 Å². The third kappa shape index (κ3) is 6.78. The molecule has 1 aliphatic heterocycles. The van der Waals surface area contributed by atoms with Crippen molar-refractivity contribution in [3.05, 3.63) is 77.4 Å². The molecule has 1 saturated heterocycles. The highest BCUT2D eigenvalue weighted by Gasteiger charge is 2.34. The molecule has 0 aliphatic carbocycles. The molecule has 1 aliphatic rings. The van der Waals surface area contributed by atoms with Crippen LogP contribution in [-0.2, 0) is 27.3 Å². The first kappa shape index (κ1) is 30.8. The van der Waals surface area contributed by atoms with E-state index in [0.29, 0.717) is 47.9 Å². The minimum absolute atomic E-state index is 0.0721. The number of hydrogen-bond acceptors (Lipinski definition) is 8. The van der Waals surface area contributed by atoms with Gasteiger partial charge in [-0.15, -0.1) is 5.10 Å². The number of carbonyl (C=O) groups is 2. The van der Waals surface area contributed by atoms with E-state index in [1.54, 1.807) is 21.7 Å². The van der Waals surface area contributed by atoms with E-state index in [9.17, 15) is 9.59 Å². The monoisotopic (exact) mass is 601 g/mol. The van der Waals surface area contributed by atoms with Crippen molar-refractivity contribution < 1.29 is 28.5 Å². The lowest BCUT2D eigenvalue weighted by molar-refractivity contribution is -0.141. The Bertz CT molecular complexity index is 1570. The number of rotatable bonds is 13. The average molecular weight is 602 g/mol. The summed E-state index contributed by atoms with van der Waals surface area (Å²) in [5, 5.41) is 11.5. The van der Waals surface area contributed by atoms with Gasteiger partial charge in [-0.3, -0.25) is 9.59 Å². The highest BCUT2D eigenvalue weighted by atomic mass is 16.5. The number of carbonyl (C=O) groups excluding carboxylic acids is 2. The molecule has 0 unspecified atom stereocenters. The van der Waals surface area contributed by atoms with Gasteiger partial charge in [-0.05, 0) is 67.1 Å². The van der Waals surface area contributed by atoms with Gasteiger partial charge in [0, 0.05) is 19.7 Å². The van der Waals surface area contributed by atoms with Crippen LogP contribution in [0.15, 0.2) is 60.7 Å². The first-order valence-electron chi connectivity index (χ1n) is 14.7. The molecule has 0 spiro atoms. The van der Waals surface area contributed by atoms with Crippen LogP contribution < -0.4 is 19.5 Å². The summed E-state index contributed by atoms with van der Waals surface area (Å²) >= 11 is 0. The summed E-state index contributed by atoms with van der Waals surface area (Å²) in [7, 11) is 4.56. The van der Waals surface area contributed by atoms with Crippen molar-refractivity contribution in [3.63, 3.8) is 0 Å². The van der Waals surface area contributed by atoms with Crippen LogP contribution >= 0.6 is 0 Å². The normalized spacial score (nSPS) is 15.1. The maximum Gasteiger partial charge on any atom is 0.247 e. The quantitative estimate of drug-likeness (QED) is 0.246. The van der Waals surface area contributed by atoms with Crippen molar-refractivity contribution in [1.29, 1.82) is 0 Å². The lowest BCUT2D eigenvalue weighted by Crippen LogP contribution is -2.47. The van der Waals surface area contributed by atoms with Gasteiger partial charge in [-0.25, -0.2) is 4.68 Å². The molecule has 0 bridgehead atoms. The first-order valence-corrected chi connectivity index (χ1v) is 14.7. The highest BCUT2D eigenvalue weighted by Crippen LogP contribution is 2.41. The fourth-order valence-electron chi connectivity index (χ4n) is 5.63. The van der Waals surface area contributed by atoms with Gasteiger partial charge in [-0.2, -0.15) is 0 Å². The Morgan fingerprint density at radius 3 is 2.45 bits per heavy atom. The van der Waals surface area contributed by atoms with Crippen molar-refractivity contribution >= 4 is 22.8 Å². The zero-order chi connectivity index (χ0) is 31.1. The molecular weight excluding hydrogens is 562 g/mol. The number of nitrogens with zero attached hydrogens (tertiary/aromatic N) is 4. The fourth-order valence-corrected chi connectivity index (χ4v) is 5.63. The molecule has 2 atom stereocenters. The number of aryl methyl sites for hydroxylation is 1. The molecule has 232 valence electrons. The van der Waals surface area contributed by atoms with Gasteiger partial charge in [0.15, 0.2) is 11.5 Å². The molecule has 44 heavy (non-hydrogen) atoms. The second-order valence-electron chi connectivity index (χ2n) is 10.7. The van der Waals surface area contributed by atoms with Crippen LogP contribution in [0.3, 0.4) is 0 Å². The lowest BCUT2D eigenvalue weighted by atomic mass is 10.00. The summed E-state index contributed by atoms with van der Waals surface area (Å²) in [6, 6.07) is 17.9. The number of methoxy groups -OCH3 is 3. The second kappa shape index (κ2) is 14.2. The van der Waals surface area contributed by atoms with Crippen LogP contribution in [-0.4, -0.2) is 78.8 Å². The zero-order valence-corrected chi connectivity index (χ0v) is 25.6. The van der Waals surface area contributed by atoms with Crippen LogP contribution in [0.25, 0.3) is 11.0 Å². The van der Waals surface area contributed by atoms with E-state index in [1.165, 1.54) is 21.3 Å². The summed E-state index contributed by atoms with van der Waals surface area (Å²) in [4.78, 5) is 30.1. The van der Waals surface area contributed by atoms with Crippen LogP contribution in [0.1, 0.15) is 35.6 Å². The topological polar surface area (TPSA) is 117 Å². The fraction of sp³-hybridized carbons (Fsp3) is 0.394. The van der Waals surface area contributed by atoms with Gasteiger partial charge in [-0.1, -0.05) is 41.6 Å². The average Bonchev–Trinajstić information content (AvgIpc) is 3.72. The van der Waals surface area contributed by atoms with Crippen molar-refractivity contribution in [2.75, 3.05) is 41.0 Å². The second-order valence-corrected chi connectivity index (χ2v) is 10.7. The Kier molecular flexibility index (Phi) is 9.96. The lowest BCUT2D eigenvalue weighted by Gasteiger charge is -2.32. The molecular formula is C33H39N5O6. The molecule has 1 N–H and O–H groups in total. The van der Waals surface area contributed by atoms with Gasteiger partial charge >= 0.3 is 0 Å². The first-order chi connectivity index (χ1) is 21.4. The number of fused-ring (bicyclic) bond motifs is 1. The molecule has 0 saturated carbocycles. The van der Waals surface area contributed by atoms with Crippen LogP contribution in [0.2, 0.25) is 0 Å². The van der Waals surface area contributed by atoms with Gasteiger partial charge in [0.1, 0.15) is 18.1 Å². The number of nitrogens with one attached hydrogen (secondary N) is 1. The van der Waals surface area contributed by atoms with E-state index in [0.717, 1.165) is 29.5 Å². The molecule has 1 aromatic heterocycles. The largest absolute Gasteiger partial charge is 0.493 e. The molecule has 11 heteroatoms. The van der Waals surface area contributed by atoms with E-state index in [2.05, 4.69) is 15.6 Å². The van der Waals surface area contributed by atoms with Gasteiger partial charge in [0.2, 0.25) is 17.6 Å². The molecule has 2 amide bonds.